The van der Waals surface area contributed by atoms with Crippen LogP contribution < -0.4 is 20.5 Å². The molecular formula is C52H41NSi. The third kappa shape index (κ3) is 7.56. The minimum absolute atomic E-state index is 1.13. The first-order chi connectivity index (χ1) is 26.8. The van der Waals surface area contributed by atoms with Gasteiger partial charge in [-0.05, 0) is 79.8 Å². The summed E-state index contributed by atoms with van der Waals surface area (Å²) in [5.41, 5.74) is 11.8. The van der Waals surface area contributed by atoms with Crippen LogP contribution in [0.3, 0.4) is 0 Å². The van der Waals surface area contributed by atoms with Crippen LogP contribution in [-0.4, -0.2) is 8.07 Å². The first kappa shape index (κ1) is 34.3. The van der Waals surface area contributed by atoms with E-state index in [4.69, 9.17) is 0 Å². The largest absolute Gasteiger partial charge is 0.311 e. The third-order valence-electron chi connectivity index (χ3n) is 10.0. The maximum atomic E-state index is 2.50. The number of hydrogen-bond acceptors (Lipinski definition) is 1. The molecule has 258 valence electrons. The van der Waals surface area contributed by atoms with Gasteiger partial charge in [0.1, 0.15) is 0 Å². The van der Waals surface area contributed by atoms with E-state index < -0.39 is 8.07 Å². The van der Waals surface area contributed by atoms with E-state index >= 15 is 0 Å². The molecular weight excluding hydrogens is 667 g/mol. The van der Waals surface area contributed by atoms with Gasteiger partial charge in [0.2, 0.25) is 0 Å². The third-order valence-corrected chi connectivity index (χ3v) is 14.4. The van der Waals surface area contributed by atoms with Crippen LogP contribution in [0.4, 0.5) is 17.1 Å². The Morgan fingerprint density at radius 3 is 0.944 bits per heavy atom. The molecule has 0 amide bonds. The lowest BCUT2D eigenvalue weighted by atomic mass is 10.0. The Bertz CT molecular complexity index is 2290. The fraction of sp³-hybridized carbons (Fsp3) is 0. The number of nitrogens with zero attached hydrogens (tertiary/aromatic N) is 1. The Morgan fingerprint density at radius 1 is 0.278 bits per heavy atom. The zero-order chi connectivity index (χ0) is 36.4. The Kier molecular flexibility index (Phi) is 10.4. The number of para-hydroxylation sites is 2. The lowest BCUT2D eigenvalue weighted by molar-refractivity contribution is 1.28. The predicted molar refractivity (Wildman–Crippen MR) is 235 cm³/mol. The number of hydrogen-bond donors (Lipinski definition) is 0. The molecule has 0 spiro atoms. The molecule has 2 heteroatoms. The Hall–Kier alpha value is -6.74. The Morgan fingerprint density at radius 2 is 0.574 bits per heavy atom. The maximum Gasteiger partial charge on any atom is 0.172 e. The summed E-state index contributed by atoms with van der Waals surface area (Å²) in [4.78, 5) is 2.28. The summed E-state index contributed by atoms with van der Waals surface area (Å²) in [5, 5.41) is 4.12. The van der Waals surface area contributed by atoms with Crippen LogP contribution in [0.5, 0.6) is 0 Å². The maximum absolute atomic E-state index is 2.50. The summed E-state index contributed by atoms with van der Waals surface area (Å²) in [6.07, 6.45) is 6.68. The summed E-state index contributed by atoms with van der Waals surface area (Å²) >= 11 is 0. The van der Waals surface area contributed by atoms with Crippen molar-refractivity contribution in [1.29, 1.82) is 0 Å². The van der Waals surface area contributed by atoms with Gasteiger partial charge in [0.05, 0.1) is 0 Å². The van der Waals surface area contributed by atoms with Crippen LogP contribution in [0.25, 0.3) is 29.4 Å². The van der Waals surface area contributed by atoms with Gasteiger partial charge >= 0.3 is 0 Å². The van der Waals surface area contributed by atoms with Crippen LogP contribution in [0.15, 0.2) is 230 Å². The molecule has 0 heterocycles. The van der Waals surface area contributed by atoms with Gasteiger partial charge < -0.3 is 4.90 Å². The molecule has 0 saturated carbocycles. The molecule has 0 atom stereocenters. The first-order valence-electron chi connectivity index (χ1n) is 18.5. The van der Waals surface area contributed by atoms with E-state index in [-0.39, 0.29) is 0 Å². The van der Waals surface area contributed by atoms with E-state index in [1.807, 2.05) is 0 Å². The van der Waals surface area contributed by atoms with Gasteiger partial charge in [0.25, 0.3) is 0 Å². The summed E-state index contributed by atoms with van der Waals surface area (Å²) in [5.74, 6) is 0. The highest BCUT2D eigenvalue weighted by Gasteiger charge is 2.36. The van der Waals surface area contributed by atoms with Crippen LogP contribution in [0.2, 0.25) is 0 Å². The van der Waals surface area contributed by atoms with E-state index in [1.165, 1.54) is 37.8 Å². The van der Waals surface area contributed by atoms with Crippen molar-refractivity contribution in [3.8, 4) is 11.1 Å². The average molecular weight is 708 g/mol. The van der Waals surface area contributed by atoms with E-state index in [0.717, 1.165) is 22.6 Å². The van der Waals surface area contributed by atoms with Crippen molar-refractivity contribution in [2.45, 2.75) is 0 Å². The molecule has 8 rings (SSSR count). The zero-order valence-electron chi connectivity index (χ0n) is 30.1. The van der Waals surface area contributed by atoms with Gasteiger partial charge in [0, 0.05) is 17.1 Å². The molecule has 0 aliphatic carbocycles. The van der Waals surface area contributed by atoms with Crippen molar-refractivity contribution in [3.63, 3.8) is 0 Å². The highest BCUT2D eigenvalue weighted by Crippen LogP contribution is 2.34. The molecule has 0 N–H and O–H groups in total. The second-order valence-electron chi connectivity index (χ2n) is 13.4. The van der Waals surface area contributed by atoms with Crippen LogP contribution >= 0.6 is 0 Å². The fourth-order valence-electron chi connectivity index (χ4n) is 7.21. The summed E-state index contributed by atoms with van der Waals surface area (Å²) in [7, 11) is -2.45. The SMILES string of the molecule is C(=Cc1ccc(N(c2ccccc2)c2ccccc2)cc1)c1ccc(-c2ccc(C=C[Si](c3ccccc3)(c3ccccc3)c3ccccc3)cc2)cc1. The number of benzene rings is 8. The molecule has 0 radical (unpaired) electrons. The quantitative estimate of drug-likeness (QED) is 0.0735. The van der Waals surface area contributed by atoms with Crippen molar-refractivity contribution >= 4 is 58.9 Å². The van der Waals surface area contributed by atoms with Gasteiger partial charge in [-0.15, -0.1) is 0 Å². The molecule has 8 aromatic rings. The Balaban J connectivity index is 0.992. The lowest BCUT2D eigenvalue weighted by Gasteiger charge is -2.30. The molecule has 8 aromatic carbocycles. The first-order valence-corrected chi connectivity index (χ1v) is 20.6. The molecule has 0 aliphatic heterocycles. The van der Waals surface area contributed by atoms with Gasteiger partial charge in [-0.3, -0.25) is 0 Å². The highest BCUT2D eigenvalue weighted by molar-refractivity contribution is 7.15. The fourth-order valence-corrected chi connectivity index (χ4v) is 11.4. The minimum Gasteiger partial charge on any atom is -0.311 e. The van der Waals surface area contributed by atoms with Crippen molar-refractivity contribution < 1.29 is 0 Å². The van der Waals surface area contributed by atoms with E-state index in [2.05, 4.69) is 253 Å². The predicted octanol–water partition coefficient (Wildman–Crippen LogP) is 11.7. The molecule has 0 unspecified atom stereocenters. The molecule has 0 fully saturated rings. The van der Waals surface area contributed by atoms with Gasteiger partial charge in [-0.1, -0.05) is 212 Å². The van der Waals surface area contributed by atoms with Gasteiger partial charge in [-0.25, -0.2) is 0 Å². The second-order valence-corrected chi connectivity index (χ2v) is 17.1. The van der Waals surface area contributed by atoms with Crippen LogP contribution in [0, 0.1) is 0 Å². The average Bonchev–Trinajstić information content (AvgIpc) is 3.26. The van der Waals surface area contributed by atoms with E-state index in [1.54, 1.807) is 0 Å². The van der Waals surface area contributed by atoms with Crippen molar-refractivity contribution in [2.24, 2.45) is 0 Å². The highest BCUT2D eigenvalue weighted by atomic mass is 28.3. The standard InChI is InChI=1S/C52H41NSi/c1-6-16-47(17-7-1)53(48-18-8-2-9-19-48)49-38-32-43(33-39-49)27-26-42-28-34-45(35-29-42)46-36-30-44(31-37-46)40-41-54(50-20-10-3-11-21-50,51-22-12-4-13-23-51)52-24-14-5-15-25-52/h1-41H. The summed E-state index contributed by atoms with van der Waals surface area (Å²) in [6, 6.07) is 80.6. The molecule has 54 heavy (non-hydrogen) atoms. The van der Waals surface area contributed by atoms with Gasteiger partial charge in [-0.2, -0.15) is 0 Å². The zero-order valence-corrected chi connectivity index (χ0v) is 31.1. The molecule has 0 bridgehead atoms. The van der Waals surface area contributed by atoms with Crippen molar-refractivity contribution in [3.05, 3.63) is 247 Å². The topological polar surface area (TPSA) is 3.24 Å². The smallest absolute Gasteiger partial charge is 0.172 e. The number of rotatable bonds is 11. The molecule has 0 aliphatic rings. The monoisotopic (exact) mass is 707 g/mol. The summed E-state index contributed by atoms with van der Waals surface area (Å²) in [6.45, 7) is 0. The Labute approximate surface area is 320 Å². The van der Waals surface area contributed by atoms with Crippen molar-refractivity contribution in [2.75, 3.05) is 4.90 Å². The molecule has 1 nitrogen and oxygen atoms in total. The van der Waals surface area contributed by atoms with Crippen molar-refractivity contribution in [1.82, 2.24) is 0 Å². The number of anilines is 3. The second kappa shape index (κ2) is 16.3. The molecule has 0 saturated heterocycles. The van der Waals surface area contributed by atoms with Crippen LogP contribution in [-0.2, 0) is 0 Å². The summed E-state index contributed by atoms with van der Waals surface area (Å²) < 4.78 is 0. The van der Waals surface area contributed by atoms with Gasteiger partial charge in [0.15, 0.2) is 8.07 Å². The normalized spacial score (nSPS) is 11.6. The van der Waals surface area contributed by atoms with E-state index in [9.17, 15) is 0 Å². The van der Waals surface area contributed by atoms with Crippen LogP contribution in [0.1, 0.15) is 16.7 Å². The minimum atomic E-state index is -2.45. The lowest BCUT2D eigenvalue weighted by Crippen LogP contribution is -2.66. The molecule has 0 aromatic heterocycles. The van der Waals surface area contributed by atoms with E-state index in [0.29, 0.717) is 0 Å².